The highest BCUT2D eigenvalue weighted by Gasteiger charge is 2.20. The molecule has 1 heterocycles. The van der Waals surface area contributed by atoms with Gasteiger partial charge in [-0.15, -0.1) is 0 Å². The molecule has 84 valence electrons. The third kappa shape index (κ3) is 2.13. The minimum Gasteiger partial charge on any atom is -0.313 e. The van der Waals surface area contributed by atoms with Crippen molar-refractivity contribution in [2.75, 3.05) is 6.54 Å². The highest BCUT2D eigenvalue weighted by atomic mass is 19.1. The van der Waals surface area contributed by atoms with Crippen LogP contribution in [0.4, 0.5) is 4.39 Å². The number of hydrogen-bond donors (Lipinski definition) is 0. The van der Waals surface area contributed by atoms with Crippen LogP contribution in [-0.2, 0) is 0 Å². The standard InChI is InChI=1S/C13H14FNO/c1-10-4-2-3-9-15(10)13(16)11-5-7-12(14)8-6-11/h5-8H,1-4,9H2. The molecular formula is C13H14FNO. The fourth-order valence-corrected chi connectivity index (χ4v) is 1.89. The molecule has 3 heteroatoms. The number of allylic oxidation sites excluding steroid dienone is 1. The lowest BCUT2D eigenvalue weighted by Crippen LogP contribution is -2.33. The summed E-state index contributed by atoms with van der Waals surface area (Å²) in [6, 6.07) is 5.64. The van der Waals surface area contributed by atoms with Crippen LogP contribution in [0.5, 0.6) is 0 Å². The maximum atomic E-state index is 12.7. The molecule has 0 atom stereocenters. The number of nitrogens with zero attached hydrogens (tertiary/aromatic N) is 1. The van der Waals surface area contributed by atoms with Crippen LogP contribution >= 0.6 is 0 Å². The van der Waals surface area contributed by atoms with Crippen LogP contribution in [0.3, 0.4) is 0 Å². The summed E-state index contributed by atoms with van der Waals surface area (Å²) in [7, 11) is 0. The van der Waals surface area contributed by atoms with Gasteiger partial charge in [0.05, 0.1) is 0 Å². The van der Waals surface area contributed by atoms with Gasteiger partial charge in [0.25, 0.3) is 5.91 Å². The topological polar surface area (TPSA) is 20.3 Å². The van der Waals surface area contributed by atoms with E-state index in [2.05, 4.69) is 6.58 Å². The lowest BCUT2D eigenvalue weighted by Gasteiger charge is -2.29. The lowest BCUT2D eigenvalue weighted by atomic mass is 10.1. The van der Waals surface area contributed by atoms with Gasteiger partial charge in [-0.3, -0.25) is 4.79 Å². The van der Waals surface area contributed by atoms with Crippen molar-refractivity contribution < 1.29 is 9.18 Å². The van der Waals surface area contributed by atoms with Crippen LogP contribution in [0, 0.1) is 5.82 Å². The van der Waals surface area contributed by atoms with E-state index >= 15 is 0 Å². The molecule has 0 radical (unpaired) electrons. The number of amides is 1. The summed E-state index contributed by atoms with van der Waals surface area (Å²) < 4.78 is 12.7. The normalized spacial score (nSPS) is 16.3. The zero-order chi connectivity index (χ0) is 11.5. The lowest BCUT2D eigenvalue weighted by molar-refractivity contribution is 0.0783. The third-order valence-electron chi connectivity index (χ3n) is 2.82. The van der Waals surface area contributed by atoms with E-state index in [1.807, 2.05) is 0 Å². The van der Waals surface area contributed by atoms with Crippen LogP contribution in [0.15, 0.2) is 36.5 Å². The summed E-state index contributed by atoms with van der Waals surface area (Å²) in [5.74, 6) is -0.404. The van der Waals surface area contributed by atoms with Gasteiger partial charge in [0, 0.05) is 17.8 Å². The molecule has 0 bridgehead atoms. The van der Waals surface area contributed by atoms with Gasteiger partial charge in [0.1, 0.15) is 5.82 Å². The Bertz CT molecular complexity index is 410. The predicted octanol–water partition coefficient (Wildman–Crippen LogP) is 2.97. The molecule has 1 aliphatic rings. The van der Waals surface area contributed by atoms with Crippen molar-refractivity contribution in [2.45, 2.75) is 19.3 Å². The van der Waals surface area contributed by atoms with Gasteiger partial charge in [-0.1, -0.05) is 6.58 Å². The molecule has 1 aliphatic heterocycles. The first kappa shape index (κ1) is 10.9. The average Bonchev–Trinajstić information content (AvgIpc) is 2.30. The molecule has 1 saturated heterocycles. The van der Waals surface area contributed by atoms with Gasteiger partial charge in [-0.05, 0) is 43.5 Å². The molecule has 16 heavy (non-hydrogen) atoms. The zero-order valence-electron chi connectivity index (χ0n) is 9.08. The molecule has 0 spiro atoms. The van der Waals surface area contributed by atoms with E-state index in [0.29, 0.717) is 5.56 Å². The Hall–Kier alpha value is -1.64. The van der Waals surface area contributed by atoms with E-state index < -0.39 is 0 Å². The SMILES string of the molecule is C=C1CCCCN1C(=O)c1ccc(F)cc1. The average molecular weight is 219 g/mol. The Morgan fingerprint density at radius 1 is 1.25 bits per heavy atom. The molecule has 2 nitrogen and oxygen atoms in total. The monoisotopic (exact) mass is 219 g/mol. The van der Waals surface area contributed by atoms with Gasteiger partial charge in [-0.2, -0.15) is 0 Å². The maximum absolute atomic E-state index is 12.7. The zero-order valence-corrected chi connectivity index (χ0v) is 9.08. The minimum atomic E-state index is -0.325. The molecular weight excluding hydrogens is 205 g/mol. The number of rotatable bonds is 1. The summed E-state index contributed by atoms with van der Waals surface area (Å²) in [4.78, 5) is 13.8. The van der Waals surface area contributed by atoms with Crippen molar-refractivity contribution in [1.82, 2.24) is 4.90 Å². The number of piperidine rings is 1. The van der Waals surface area contributed by atoms with Gasteiger partial charge >= 0.3 is 0 Å². The second kappa shape index (κ2) is 4.47. The highest BCUT2D eigenvalue weighted by molar-refractivity contribution is 5.95. The van der Waals surface area contributed by atoms with Crippen LogP contribution in [0.25, 0.3) is 0 Å². The van der Waals surface area contributed by atoms with Gasteiger partial charge in [-0.25, -0.2) is 4.39 Å². The molecule has 1 fully saturated rings. The fraction of sp³-hybridized carbons (Fsp3) is 0.308. The van der Waals surface area contributed by atoms with E-state index in [1.165, 1.54) is 24.3 Å². The van der Waals surface area contributed by atoms with E-state index in [9.17, 15) is 9.18 Å². The van der Waals surface area contributed by atoms with Crippen molar-refractivity contribution in [3.63, 3.8) is 0 Å². The molecule has 0 aromatic heterocycles. The van der Waals surface area contributed by atoms with Crippen molar-refractivity contribution in [2.24, 2.45) is 0 Å². The number of halogens is 1. The number of likely N-dealkylation sites (tertiary alicyclic amines) is 1. The second-order valence-corrected chi connectivity index (χ2v) is 3.99. The van der Waals surface area contributed by atoms with Crippen molar-refractivity contribution in [3.05, 3.63) is 47.9 Å². The predicted molar refractivity (Wildman–Crippen MR) is 60.4 cm³/mol. The summed E-state index contributed by atoms with van der Waals surface area (Å²) in [6.07, 6.45) is 2.96. The quantitative estimate of drug-likeness (QED) is 0.711. The van der Waals surface area contributed by atoms with E-state index in [-0.39, 0.29) is 11.7 Å². The van der Waals surface area contributed by atoms with E-state index in [0.717, 1.165) is 31.5 Å². The number of hydrogen-bond acceptors (Lipinski definition) is 1. The summed E-state index contributed by atoms with van der Waals surface area (Å²) in [6.45, 7) is 4.61. The van der Waals surface area contributed by atoms with Crippen molar-refractivity contribution in [3.8, 4) is 0 Å². The van der Waals surface area contributed by atoms with E-state index in [1.54, 1.807) is 4.90 Å². The first-order chi connectivity index (χ1) is 7.68. The number of carbonyl (C=O) groups excluding carboxylic acids is 1. The van der Waals surface area contributed by atoms with Crippen LogP contribution in [0.1, 0.15) is 29.6 Å². The van der Waals surface area contributed by atoms with Crippen LogP contribution in [0.2, 0.25) is 0 Å². The molecule has 0 unspecified atom stereocenters. The maximum Gasteiger partial charge on any atom is 0.257 e. The smallest absolute Gasteiger partial charge is 0.257 e. The molecule has 1 aromatic rings. The fourth-order valence-electron chi connectivity index (χ4n) is 1.89. The Kier molecular flexibility index (Phi) is 3.04. The Labute approximate surface area is 94.4 Å². The van der Waals surface area contributed by atoms with Gasteiger partial charge in [0.15, 0.2) is 0 Å². The molecule has 1 aromatic carbocycles. The number of benzene rings is 1. The van der Waals surface area contributed by atoms with Crippen molar-refractivity contribution in [1.29, 1.82) is 0 Å². The van der Waals surface area contributed by atoms with Crippen molar-refractivity contribution >= 4 is 5.91 Å². The largest absolute Gasteiger partial charge is 0.313 e. The second-order valence-electron chi connectivity index (χ2n) is 3.99. The summed E-state index contributed by atoms with van der Waals surface area (Å²) in [5.41, 5.74) is 1.38. The molecule has 0 aliphatic carbocycles. The Morgan fingerprint density at radius 2 is 1.94 bits per heavy atom. The summed E-state index contributed by atoms with van der Waals surface area (Å²) >= 11 is 0. The third-order valence-corrected chi connectivity index (χ3v) is 2.82. The Balaban J connectivity index is 2.17. The molecule has 2 rings (SSSR count). The van der Waals surface area contributed by atoms with Gasteiger partial charge < -0.3 is 4.90 Å². The van der Waals surface area contributed by atoms with Crippen LogP contribution < -0.4 is 0 Å². The molecule has 0 N–H and O–H groups in total. The van der Waals surface area contributed by atoms with E-state index in [4.69, 9.17) is 0 Å². The summed E-state index contributed by atoms with van der Waals surface area (Å²) in [5, 5.41) is 0. The van der Waals surface area contributed by atoms with Crippen LogP contribution in [-0.4, -0.2) is 17.4 Å². The van der Waals surface area contributed by atoms with Gasteiger partial charge in [0.2, 0.25) is 0 Å². The Morgan fingerprint density at radius 3 is 2.56 bits per heavy atom. The first-order valence-electron chi connectivity index (χ1n) is 5.44. The molecule has 0 saturated carbocycles. The molecule has 1 amide bonds. The first-order valence-corrected chi connectivity index (χ1v) is 5.44. The number of carbonyl (C=O) groups is 1. The minimum absolute atomic E-state index is 0.0790. The highest BCUT2D eigenvalue weighted by Crippen LogP contribution is 2.21.